The fourth-order valence-electron chi connectivity index (χ4n) is 4.64. The predicted octanol–water partition coefficient (Wildman–Crippen LogP) is 5.61. The molecular formula is C22H22BrNO2. The highest BCUT2D eigenvalue weighted by atomic mass is 79.9. The molecule has 0 saturated heterocycles. The second-order valence-corrected chi connectivity index (χ2v) is 8.43. The van der Waals surface area contributed by atoms with Crippen molar-refractivity contribution in [2.45, 2.75) is 43.6 Å². The van der Waals surface area contributed by atoms with Gasteiger partial charge in [0.1, 0.15) is 5.54 Å². The van der Waals surface area contributed by atoms with Gasteiger partial charge in [0.05, 0.1) is 0 Å². The Hall–Kier alpha value is -2.07. The van der Waals surface area contributed by atoms with Crippen LogP contribution in [0.25, 0.3) is 6.08 Å². The van der Waals surface area contributed by atoms with Gasteiger partial charge in [0, 0.05) is 15.6 Å². The monoisotopic (exact) mass is 411 g/mol. The van der Waals surface area contributed by atoms with Gasteiger partial charge in [-0.1, -0.05) is 57.9 Å². The van der Waals surface area contributed by atoms with Crippen LogP contribution < -0.4 is 5.32 Å². The molecule has 2 aliphatic rings. The van der Waals surface area contributed by atoms with Gasteiger partial charge >= 0.3 is 5.97 Å². The first kappa shape index (κ1) is 17.3. The van der Waals surface area contributed by atoms with Crippen molar-refractivity contribution < 1.29 is 9.90 Å². The maximum Gasteiger partial charge on any atom is 0.329 e. The van der Waals surface area contributed by atoms with Crippen molar-refractivity contribution in [2.24, 2.45) is 0 Å². The summed E-state index contributed by atoms with van der Waals surface area (Å²) in [6, 6.07) is 16.3. The summed E-state index contributed by atoms with van der Waals surface area (Å²) in [5, 5.41) is 13.4. The molecule has 0 amide bonds. The van der Waals surface area contributed by atoms with Crippen LogP contribution in [0.2, 0.25) is 0 Å². The molecule has 0 unspecified atom stereocenters. The summed E-state index contributed by atoms with van der Waals surface area (Å²) in [4.78, 5) is 12.2. The van der Waals surface area contributed by atoms with E-state index in [0.717, 1.165) is 23.0 Å². The number of fused-ring (bicyclic) bond motifs is 2. The summed E-state index contributed by atoms with van der Waals surface area (Å²) in [7, 11) is 0. The minimum atomic E-state index is -0.913. The minimum Gasteiger partial charge on any atom is -0.480 e. The number of halogens is 1. The number of carbonyl (C=O) groups is 1. The van der Waals surface area contributed by atoms with Crippen molar-refractivity contribution in [3.05, 3.63) is 69.7 Å². The van der Waals surface area contributed by atoms with Gasteiger partial charge in [0.2, 0.25) is 0 Å². The van der Waals surface area contributed by atoms with Gasteiger partial charge in [-0.3, -0.25) is 0 Å². The Kier molecular flexibility index (Phi) is 4.19. The smallest absolute Gasteiger partial charge is 0.329 e. The average molecular weight is 412 g/mol. The van der Waals surface area contributed by atoms with E-state index in [9.17, 15) is 9.90 Å². The van der Waals surface area contributed by atoms with E-state index in [0.29, 0.717) is 12.8 Å². The lowest BCUT2D eigenvalue weighted by atomic mass is 9.62. The number of carboxylic acid groups (broad SMARTS) is 1. The van der Waals surface area contributed by atoms with Crippen LogP contribution in [0.3, 0.4) is 0 Å². The Bertz CT molecular complexity index is 895. The first-order valence-corrected chi connectivity index (χ1v) is 9.80. The van der Waals surface area contributed by atoms with E-state index in [1.54, 1.807) is 0 Å². The number of hydrogen-bond donors (Lipinski definition) is 2. The molecule has 134 valence electrons. The number of anilines is 1. The number of carboxylic acids is 1. The van der Waals surface area contributed by atoms with Crippen molar-refractivity contribution in [3.63, 3.8) is 0 Å². The molecule has 4 heteroatoms. The minimum absolute atomic E-state index is 0.00546. The molecule has 0 aromatic heterocycles. The molecule has 26 heavy (non-hydrogen) atoms. The Morgan fingerprint density at radius 3 is 2.50 bits per heavy atom. The third-order valence-electron chi connectivity index (χ3n) is 6.18. The zero-order chi connectivity index (χ0) is 18.4. The molecule has 2 N–H and O–H groups in total. The van der Waals surface area contributed by atoms with E-state index in [1.807, 2.05) is 24.3 Å². The standard InChI is InChI=1S/C22H22BrNO2/c1-15-13-16-5-2-3-8-19(16)21(15)9-11-22(12-10-21,20(25)26)24-18-7-4-6-17(23)14-18/h2-8,13-14,24H,9-12H2,1H3,(H,25,26). The van der Waals surface area contributed by atoms with Crippen molar-refractivity contribution in [2.75, 3.05) is 5.32 Å². The zero-order valence-electron chi connectivity index (χ0n) is 14.8. The Labute approximate surface area is 162 Å². The molecule has 4 rings (SSSR count). The summed E-state index contributed by atoms with van der Waals surface area (Å²) in [5.74, 6) is -0.764. The molecule has 1 saturated carbocycles. The Balaban J connectivity index is 1.63. The molecule has 0 heterocycles. The third-order valence-corrected chi connectivity index (χ3v) is 6.67. The average Bonchev–Trinajstić information content (AvgIpc) is 2.89. The molecule has 0 bridgehead atoms. The van der Waals surface area contributed by atoms with Gasteiger partial charge in [-0.25, -0.2) is 4.79 Å². The SMILES string of the molecule is CC1=Cc2ccccc2C12CCC(Nc1cccc(Br)c1)(C(=O)O)CC2. The lowest BCUT2D eigenvalue weighted by Gasteiger charge is -2.45. The molecule has 3 nitrogen and oxygen atoms in total. The van der Waals surface area contributed by atoms with Crippen molar-refractivity contribution in [1.29, 1.82) is 0 Å². The third kappa shape index (κ3) is 2.67. The van der Waals surface area contributed by atoms with Gasteiger partial charge in [-0.2, -0.15) is 0 Å². The molecule has 0 radical (unpaired) electrons. The van der Waals surface area contributed by atoms with E-state index >= 15 is 0 Å². The predicted molar refractivity (Wildman–Crippen MR) is 108 cm³/mol. The highest BCUT2D eigenvalue weighted by molar-refractivity contribution is 9.10. The van der Waals surface area contributed by atoms with Crippen LogP contribution in [0.1, 0.15) is 43.7 Å². The van der Waals surface area contributed by atoms with Crippen LogP contribution in [0, 0.1) is 0 Å². The van der Waals surface area contributed by atoms with Crippen LogP contribution >= 0.6 is 15.9 Å². The summed E-state index contributed by atoms with van der Waals surface area (Å²) >= 11 is 3.46. The summed E-state index contributed by atoms with van der Waals surface area (Å²) < 4.78 is 0.943. The van der Waals surface area contributed by atoms with E-state index in [1.165, 1.54) is 16.7 Å². The first-order chi connectivity index (χ1) is 12.5. The number of rotatable bonds is 3. The maximum absolute atomic E-state index is 12.2. The van der Waals surface area contributed by atoms with E-state index in [2.05, 4.69) is 58.5 Å². The van der Waals surface area contributed by atoms with Crippen LogP contribution in [0.5, 0.6) is 0 Å². The number of allylic oxidation sites excluding steroid dienone is 1. The largest absolute Gasteiger partial charge is 0.480 e. The van der Waals surface area contributed by atoms with Crippen LogP contribution in [0.15, 0.2) is 58.6 Å². The Morgan fingerprint density at radius 2 is 1.81 bits per heavy atom. The number of aliphatic carboxylic acids is 1. The normalized spacial score (nSPS) is 27.1. The van der Waals surface area contributed by atoms with E-state index < -0.39 is 11.5 Å². The fourth-order valence-corrected chi connectivity index (χ4v) is 5.04. The zero-order valence-corrected chi connectivity index (χ0v) is 16.3. The highest BCUT2D eigenvalue weighted by Crippen LogP contribution is 2.53. The molecule has 0 aliphatic heterocycles. The Morgan fingerprint density at radius 1 is 1.08 bits per heavy atom. The topological polar surface area (TPSA) is 49.3 Å². The van der Waals surface area contributed by atoms with Gasteiger partial charge in [-0.15, -0.1) is 0 Å². The van der Waals surface area contributed by atoms with Gasteiger partial charge < -0.3 is 10.4 Å². The maximum atomic E-state index is 12.2. The molecule has 2 aromatic rings. The second-order valence-electron chi connectivity index (χ2n) is 7.52. The number of hydrogen-bond acceptors (Lipinski definition) is 2. The number of benzene rings is 2. The molecule has 1 fully saturated rings. The highest BCUT2D eigenvalue weighted by Gasteiger charge is 2.50. The molecule has 0 atom stereocenters. The quantitative estimate of drug-likeness (QED) is 0.689. The van der Waals surface area contributed by atoms with E-state index in [-0.39, 0.29) is 5.41 Å². The first-order valence-electron chi connectivity index (χ1n) is 9.01. The fraction of sp³-hybridized carbons (Fsp3) is 0.318. The van der Waals surface area contributed by atoms with Crippen molar-refractivity contribution >= 4 is 33.7 Å². The van der Waals surface area contributed by atoms with Gasteiger partial charge in [-0.05, 0) is 61.9 Å². The van der Waals surface area contributed by atoms with Crippen molar-refractivity contribution in [1.82, 2.24) is 0 Å². The molecule has 1 spiro atoms. The number of nitrogens with one attached hydrogen (secondary N) is 1. The molecule has 2 aliphatic carbocycles. The van der Waals surface area contributed by atoms with Crippen LogP contribution in [-0.4, -0.2) is 16.6 Å². The van der Waals surface area contributed by atoms with Crippen molar-refractivity contribution in [3.8, 4) is 0 Å². The second kappa shape index (κ2) is 6.27. The van der Waals surface area contributed by atoms with Crippen LogP contribution in [0.4, 0.5) is 5.69 Å². The van der Waals surface area contributed by atoms with E-state index in [4.69, 9.17) is 0 Å². The molecule has 2 aromatic carbocycles. The van der Waals surface area contributed by atoms with Gasteiger partial charge in [0.15, 0.2) is 0 Å². The summed E-state index contributed by atoms with van der Waals surface area (Å²) in [5.41, 5.74) is 3.93. The lowest BCUT2D eigenvalue weighted by Crippen LogP contribution is -2.52. The summed E-state index contributed by atoms with van der Waals surface area (Å²) in [6.07, 6.45) is 5.17. The molecular weight excluding hydrogens is 390 g/mol. The van der Waals surface area contributed by atoms with Gasteiger partial charge in [0.25, 0.3) is 0 Å². The van der Waals surface area contributed by atoms with Crippen LogP contribution in [-0.2, 0) is 10.2 Å². The summed E-state index contributed by atoms with van der Waals surface area (Å²) in [6.45, 7) is 2.19. The lowest BCUT2D eigenvalue weighted by molar-refractivity contribution is -0.143.